The van der Waals surface area contributed by atoms with Gasteiger partial charge in [0.2, 0.25) is 0 Å². The van der Waals surface area contributed by atoms with E-state index in [1.54, 1.807) is 36.4 Å². The minimum absolute atomic E-state index is 0.197. The Hall–Kier alpha value is -0.740. The van der Waals surface area contributed by atoms with Gasteiger partial charge in [-0.2, -0.15) is 0 Å². The van der Waals surface area contributed by atoms with Gasteiger partial charge in [0.15, 0.2) is 0 Å². The van der Waals surface area contributed by atoms with Gasteiger partial charge in [0.05, 0.1) is 5.02 Å². The van der Waals surface area contributed by atoms with E-state index < -0.39 is 0 Å². The number of hydrogen-bond acceptors (Lipinski definition) is 2. The molecular weight excluding hydrogens is 304 g/mol. The number of nitrogens with two attached hydrogens (primary N) is 1. The third-order valence-corrected chi connectivity index (χ3v) is 4.44. The molecule has 1 nitrogen and oxygen atoms in total. The second kappa shape index (κ2) is 6.62. The molecule has 0 saturated carbocycles. The van der Waals surface area contributed by atoms with E-state index in [1.165, 1.54) is 11.8 Å². The van der Waals surface area contributed by atoms with Crippen molar-refractivity contribution in [2.45, 2.75) is 17.2 Å². The number of hydrogen-bond donors (Lipinski definition) is 1. The molecule has 0 aliphatic carbocycles. The first-order valence-corrected chi connectivity index (χ1v) is 7.40. The zero-order valence-corrected chi connectivity index (χ0v) is 12.3. The van der Waals surface area contributed by atoms with E-state index in [2.05, 4.69) is 0 Å². The molecule has 5 heteroatoms. The summed E-state index contributed by atoms with van der Waals surface area (Å²) in [6.45, 7) is 0.197. The van der Waals surface area contributed by atoms with Crippen molar-refractivity contribution in [1.29, 1.82) is 0 Å². The van der Waals surface area contributed by atoms with Gasteiger partial charge >= 0.3 is 0 Å². The highest BCUT2D eigenvalue weighted by molar-refractivity contribution is 7.98. The maximum absolute atomic E-state index is 14.0. The third-order valence-electron chi connectivity index (χ3n) is 2.66. The molecule has 100 valence electrons. The molecule has 0 aliphatic rings. The average Bonchev–Trinajstić information content (AvgIpc) is 2.41. The van der Waals surface area contributed by atoms with Gasteiger partial charge in [-0.1, -0.05) is 41.4 Å². The second-order valence-electron chi connectivity index (χ2n) is 3.96. The molecule has 19 heavy (non-hydrogen) atoms. The normalized spacial score (nSPS) is 10.7. The summed E-state index contributed by atoms with van der Waals surface area (Å²) < 4.78 is 14.0. The molecule has 2 aromatic carbocycles. The molecule has 2 N–H and O–H groups in total. The van der Waals surface area contributed by atoms with Gasteiger partial charge in [0.25, 0.3) is 0 Å². The molecule has 0 atom stereocenters. The van der Waals surface area contributed by atoms with E-state index in [-0.39, 0.29) is 12.4 Å². The van der Waals surface area contributed by atoms with Crippen molar-refractivity contribution in [3.63, 3.8) is 0 Å². The smallest absolute Gasteiger partial charge is 0.131 e. The van der Waals surface area contributed by atoms with Gasteiger partial charge in [0.1, 0.15) is 5.82 Å². The van der Waals surface area contributed by atoms with Crippen molar-refractivity contribution in [2.75, 3.05) is 0 Å². The lowest BCUT2D eigenvalue weighted by Crippen LogP contribution is -2.02. The van der Waals surface area contributed by atoms with Crippen LogP contribution in [0.5, 0.6) is 0 Å². The van der Waals surface area contributed by atoms with Gasteiger partial charge < -0.3 is 5.73 Å². The van der Waals surface area contributed by atoms with E-state index in [0.717, 1.165) is 4.90 Å². The fourth-order valence-corrected chi connectivity index (χ4v) is 3.11. The summed E-state index contributed by atoms with van der Waals surface area (Å²) >= 11 is 13.4. The van der Waals surface area contributed by atoms with E-state index >= 15 is 0 Å². The van der Waals surface area contributed by atoms with Crippen LogP contribution in [-0.2, 0) is 12.3 Å². The minimum atomic E-state index is -0.240. The molecule has 0 bridgehead atoms. The van der Waals surface area contributed by atoms with Gasteiger partial charge in [-0.15, -0.1) is 11.8 Å². The maximum Gasteiger partial charge on any atom is 0.131 e. The Labute approximate surface area is 125 Å². The minimum Gasteiger partial charge on any atom is -0.326 e. The monoisotopic (exact) mass is 315 g/mol. The van der Waals surface area contributed by atoms with Crippen LogP contribution in [0, 0.1) is 5.82 Å². The Morgan fingerprint density at radius 1 is 1.11 bits per heavy atom. The van der Waals surface area contributed by atoms with Crippen LogP contribution in [0.4, 0.5) is 4.39 Å². The van der Waals surface area contributed by atoms with Crippen molar-refractivity contribution < 1.29 is 4.39 Å². The number of rotatable bonds is 4. The standard InChI is InChI=1S/C14H12Cl2FNS/c15-11-4-5-12(16)13(6-11)19-8-10-3-1-2-9(7-18)14(10)17/h1-6H,7-8,18H2. The highest BCUT2D eigenvalue weighted by Crippen LogP contribution is 2.32. The Morgan fingerprint density at radius 3 is 2.58 bits per heavy atom. The summed E-state index contributed by atoms with van der Waals surface area (Å²) in [7, 11) is 0. The summed E-state index contributed by atoms with van der Waals surface area (Å²) in [5.41, 5.74) is 6.62. The molecule has 0 radical (unpaired) electrons. The first kappa shape index (κ1) is 14.7. The number of thioether (sulfide) groups is 1. The molecule has 0 aliphatic heterocycles. The molecule has 2 aromatic rings. The predicted molar refractivity (Wildman–Crippen MR) is 80.3 cm³/mol. The third kappa shape index (κ3) is 3.63. The SMILES string of the molecule is NCc1cccc(CSc2cc(Cl)ccc2Cl)c1F. The molecule has 0 spiro atoms. The lowest BCUT2D eigenvalue weighted by atomic mass is 10.1. The van der Waals surface area contributed by atoms with Crippen LogP contribution in [0.2, 0.25) is 10.0 Å². The lowest BCUT2D eigenvalue weighted by Gasteiger charge is -2.08. The van der Waals surface area contributed by atoms with Crippen molar-refractivity contribution in [3.05, 3.63) is 63.4 Å². The first-order valence-electron chi connectivity index (χ1n) is 5.66. The van der Waals surface area contributed by atoms with Gasteiger partial charge in [-0.3, -0.25) is 0 Å². The maximum atomic E-state index is 14.0. The summed E-state index contributed by atoms with van der Waals surface area (Å²) in [4.78, 5) is 0.840. The Bertz CT molecular complexity index is 590. The molecule has 0 fully saturated rings. The van der Waals surface area contributed by atoms with Gasteiger partial charge in [-0.25, -0.2) is 4.39 Å². The molecule has 0 aromatic heterocycles. The Kier molecular flexibility index (Phi) is 5.11. The fraction of sp³-hybridized carbons (Fsp3) is 0.143. The van der Waals surface area contributed by atoms with Crippen LogP contribution in [0.1, 0.15) is 11.1 Å². The van der Waals surface area contributed by atoms with E-state index in [9.17, 15) is 4.39 Å². The van der Waals surface area contributed by atoms with Gasteiger partial charge in [-0.05, 0) is 23.8 Å². The Balaban J connectivity index is 2.17. The first-order chi connectivity index (χ1) is 9.11. The number of benzene rings is 2. The van der Waals surface area contributed by atoms with Crippen LogP contribution in [0.3, 0.4) is 0 Å². The molecule has 0 saturated heterocycles. The van der Waals surface area contributed by atoms with Crippen molar-refractivity contribution in [1.82, 2.24) is 0 Å². The average molecular weight is 316 g/mol. The highest BCUT2D eigenvalue weighted by atomic mass is 35.5. The van der Waals surface area contributed by atoms with E-state index in [4.69, 9.17) is 28.9 Å². The van der Waals surface area contributed by atoms with E-state index in [1.807, 2.05) is 0 Å². The van der Waals surface area contributed by atoms with Crippen LogP contribution in [-0.4, -0.2) is 0 Å². The number of halogens is 3. The molecule has 0 unspecified atom stereocenters. The van der Waals surface area contributed by atoms with Crippen LogP contribution in [0.25, 0.3) is 0 Å². The van der Waals surface area contributed by atoms with E-state index in [0.29, 0.717) is 26.9 Å². The van der Waals surface area contributed by atoms with Crippen molar-refractivity contribution in [2.24, 2.45) is 5.73 Å². The topological polar surface area (TPSA) is 26.0 Å². The van der Waals surface area contributed by atoms with Crippen molar-refractivity contribution >= 4 is 35.0 Å². The van der Waals surface area contributed by atoms with Crippen molar-refractivity contribution in [3.8, 4) is 0 Å². The predicted octanol–water partition coefficient (Wildman–Crippen LogP) is 4.88. The molecule has 0 heterocycles. The molecular formula is C14H12Cl2FNS. The summed E-state index contributed by atoms with van der Waals surface area (Å²) in [6.07, 6.45) is 0. The van der Waals surface area contributed by atoms with Crippen LogP contribution in [0.15, 0.2) is 41.3 Å². The Morgan fingerprint density at radius 2 is 1.84 bits per heavy atom. The summed E-state index contributed by atoms with van der Waals surface area (Å²) in [6, 6.07) is 10.5. The fourth-order valence-electron chi connectivity index (χ4n) is 1.65. The van der Waals surface area contributed by atoms with Crippen LogP contribution < -0.4 is 5.73 Å². The largest absolute Gasteiger partial charge is 0.326 e. The zero-order valence-electron chi connectivity index (χ0n) is 10.00. The molecule has 2 rings (SSSR count). The second-order valence-corrected chi connectivity index (χ2v) is 5.82. The lowest BCUT2D eigenvalue weighted by molar-refractivity contribution is 0.600. The van der Waals surface area contributed by atoms with Gasteiger partial charge in [0, 0.05) is 27.8 Å². The highest BCUT2D eigenvalue weighted by Gasteiger charge is 2.09. The summed E-state index contributed by atoms with van der Waals surface area (Å²) in [5.74, 6) is 0.246. The quantitative estimate of drug-likeness (QED) is 0.813. The summed E-state index contributed by atoms with van der Waals surface area (Å²) in [5, 5.41) is 1.23. The molecule has 0 amide bonds. The zero-order chi connectivity index (χ0) is 13.8. The van der Waals surface area contributed by atoms with Crippen LogP contribution >= 0.6 is 35.0 Å².